The van der Waals surface area contributed by atoms with Gasteiger partial charge in [0.05, 0.1) is 30.7 Å². The van der Waals surface area contributed by atoms with E-state index < -0.39 is 6.09 Å². The number of carbonyl (C=O) groups excluding carboxylic acids is 3. The molecule has 5 rings (SSSR count). The average Bonchev–Trinajstić information content (AvgIpc) is 3.39. The summed E-state index contributed by atoms with van der Waals surface area (Å²) in [5, 5.41) is 12.1. The number of hydrogen-bond donors (Lipinski definition) is 5. The summed E-state index contributed by atoms with van der Waals surface area (Å²) >= 11 is 0. The predicted octanol–water partition coefficient (Wildman–Crippen LogP) is 4.60. The number of amides is 3. The van der Waals surface area contributed by atoms with Gasteiger partial charge in [0, 0.05) is 35.5 Å². The maximum Gasteiger partial charge on any atom is 0.411 e. The van der Waals surface area contributed by atoms with Crippen LogP contribution >= 0.6 is 0 Å². The molecular weight excluding hydrogens is 472 g/mol. The number of aromatic amines is 1. The van der Waals surface area contributed by atoms with Gasteiger partial charge in [-0.2, -0.15) is 0 Å². The lowest BCUT2D eigenvalue weighted by Gasteiger charge is -2.20. The highest BCUT2D eigenvalue weighted by Crippen LogP contribution is 2.32. The second-order valence-electron chi connectivity index (χ2n) is 9.28. The van der Waals surface area contributed by atoms with Crippen LogP contribution in [0.25, 0.3) is 11.3 Å². The number of ether oxygens (including phenoxy) is 1. The summed E-state index contributed by atoms with van der Waals surface area (Å²) in [5.41, 5.74) is 5.30. The Morgan fingerprint density at radius 1 is 1.05 bits per heavy atom. The van der Waals surface area contributed by atoms with Gasteiger partial charge in [0.15, 0.2) is 0 Å². The zero-order valence-corrected chi connectivity index (χ0v) is 20.6. The Kier molecular flexibility index (Phi) is 7.07. The maximum atomic E-state index is 13.2. The van der Waals surface area contributed by atoms with Crippen molar-refractivity contribution in [2.75, 3.05) is 29.6 Å². The fraction of sp³-hybridized carbons (Fsp3) is 0.333. The highest BCUT2D eigenvalue weighted by atomic mass is 16.5. The molecule has 1 aromatic heterocycles. The summed E-state index contributed by atoms with van der Waals surface area (Å²) in [6, 6.07) is 10.6. The lowest BCUT2D eigenvalue weighted by molar-refractivity contribution is -0.116. The van der Waals surface area contributed by atoms with E-state index in [-0.39, 0.29) is 17.9 Å². The second-order valence-corrected chi connectivity index (χ2v) is 9.28. The van der Waals surface area contributed by atoms with Gasteiger partial charge in [0.25, 0.3) is 5.91 Å². The normalized spacial score (nSPS) is 17.0. The number of H-pyrrole nitrogens is 1. The van der Waals surface area contributed by atoms with Gasteiger partial charge in [-0.05, 0) is 67.6 Å². The van der Waals surface area contributed by atoms with Crippen molar-refractivity contribution in [2.24, 2.45) is 0 Å². The van der Waals surface area contributed by atoms with Gasteiger partial charge >= 0.3 is 6.09 Å². The largest absolute Gasteiger partial charge is 0.453 e. The van der Waals surface area contributed by atoms with Gasteiger partial charge in [-0.3, -0.25) is 14.9 Å². The summed E-state index contributed by atoms with van der Waals surface area (Å²) in [6.45, 7) is 0.950. The molecule has 3 heterocycles. The molecule has 0 saturated carbocycles. The lowest BCUT2D eigenvalue weighted by atomic mass is 10.00. The van der Waals surface area contributed by atoms with Crippen molar-refractivity contribution < 1.29 is 19.1 Å². The van der Waals surface area contributed by atoms with Crippen molar-refractivity contribution >= 4 is 35.0 Å². The summed E-state index contributed by atoms with van der Waals surface area (Å²) in [7, 11) is 1.29. The molecule has 3 aromatic rings. The number of aromatic nitrogens is 2. The predicted molar refractivity (Wildman–Crippen MR) is 141 cm³/mol. The fourth-order valence-corrected chi connectivity index (χ4v) is 4.76. The first-order chi connectivity index (χ1) is 18.0. The zero-order chi connectivity index (χ0) is 25.8. The molecule has 2 bridgehead atoms. The fourth-order valence-electron chi connectivity index (χ4n) is 4.76. The molecule has 0 spiro atoms. The van der Waals surface area contributed by atoms with E-state index in [0.29, 0.717) is 47.7 Å². The summed E-state index contributed by atoms with van der Waals surface area (Å²) in [5.74, 6) is 0.373. The van der Waals surface area contributed by atoms with E-state index >= 15 is 0 Å². The minimum atomic E-state index is -0.600. The van der Waals surface area contributed by atoms with Crippen molar-refractivity contribution in [3.8, 4) is 11.3 Å². The first-order valence-electron chi connectivity index (χ1n) is 12.5. The number of benzene rings is 2. The minimum absolute atomic E-state index is 0.125. The third kappa shape index (κ3) is 5.58. The van der Waals surface area contributed by atoms with Crippen LogP contribution in [0.2, 0.25) is 0 Å². The summed E-state index contributed by atoms with van der Waals surface area (Å²) in [6.07, 6.45) is 5.47. The van der Waals surface area contributed by atoms with Gasteiger partial charge in [0.1, 0.15) is 5.82 Å². The van der Waals surface area contributed by atoms with Gasteiger partial charge < -0.3 is 25.7 Å². The van der Waals surface area contributed by atoms with E-state index in [2.05, 4.69) is 36.0 Å². The first kappa shape index (κ1) is 24.4. The molecule has 3 amide bonds. The van der Waals surface area contributed by atoms with Crippen molar-refractivity contribution in [1.29, 1.82) is 0 Å². The number of hydrogen-bond acceptors (Lipinski definition) is 6. The molecule has 5 N–H and O–H groups in total. The van der Waals surface area contributed by atoms with E-state index in [4.69, 9.17) is 0 Å². The van der Waals surface area contributed by atoms with E-state index in [1.54, 1.807) is 24.4 Å². The van der Waals surface area contributed by atoms with Crippen LogP contribution in [0.4, 0.5) is 21.9 Å². The van der Waals surface area contributed by atoms with Crippen molar-refractivity contribution in [2.45, 2.75) is 44.6 Å². The van der Waals surface area contributed by atoms with Crippen LogP contribution < -0.4 is 21.3 Å². The van der Waals surface area contributed by atoms with E-state index in [1.807, 2.05) is 18.2 Å². The summed E-state index contributed by atoms with van der Waals surface area (Å²) in [4.78, 5) is 45.4. The number of aryl methyl sites for hydroxylation is 1. The highest BCUT2D eigenvalue weighted by molar-refractivity contribution is 5.97. The first-order valence-corrected chi connectivity index (χ1v) is 12.5. The maximum absolute atomic E-state index is 13.2. The van der Waals surface area contributed by atoms with Crippen molar-refractivity contribution in [1.82, 2.24) is 15.3 Å². The zero-order valence-electron chi connectivity index (χ0n) is 20.6. The molecule has 0 saturated heterocycles. The van der Waals surface area contributed by atoms with Crippen LogP contribution in [0.3, 0.4) is 0 Å². The Bertz CT molecular complexity index is 1330. The number of anilines is 3. The molecule has 2 aliphatic rings. The average molecular weight is 503 g/mol. The van der Waals surface area contributed by atoms with Crippen LogP contribution in [-0.4, -0.2) is 41.5 Å². The molecular formula is C27H30N6O4. The second kappa shape index (κ2) is 10.7. The molecule has 10 nitrogen and oxygen atoms in total. The Morgan fingerprint density at radius 3 is 2.81 bits per heavy atom. The Labute approximate surface area is 214 Å². The Balaban J connectivity index is 1.41. The molecule has 192 valence electrons. The number of fused-ring (bicyclic) bond motifs is 5. The number of imidazole rings is 1. The van der Waals surface area contributed by atoms with Gasteiger partial charge in [-0.15, -0.1) is 0 Å². The molecule has 37 heavy (non-hydrogen) atoms. The molecule has 1 atom stereocenters. The molecule has 0 unspecified atom stereocenters. The van der Waals surface area contributed by atoms with E-state index in [0.717, 1.165) is 42.6 Å². The van der Waals surface area contributed by atoms with Gasteiger partial charge in [-0.25, -0.2) is 9.78 Å². The number of carbonyl (C=O) groups is 3. The standard InChI is InChI=1S/C27H30N6O4/c1-37-27(36)30-18-9-10-19-22(14-18)31-24(34)7-3-2-6-21(25-29-15-23(19)32-25)33-26(35)17-8-11-20-16(13-17)5-4-12-28-20/h8-11,13-15,21,28H,2-7,12H2,1H3,(H,29,32)(H,30,36)(H,31,34)(H,33,35)/t21-/m0/s1. The van der Waals surface area contributed by atoms with Gasteiger partial charge in [0.2, 0.25) is 5.91 Å². The molecule has 2 aliphatic heterocycles. The molecule has 0 aliphatic carbocycles. The van der Waals surface area contributed by atoms with E-state index in [9.17, 15) is 14.4 Å². The lowest BCUT2D eigenvalue weighted by Crippen LogP contribution is -2.29. The molecule has 2 aromatic carbocycles. The molecule has 0 radical (unpaired) electrons. The molecule has 10 heteroatoms. The van der Waals surface area contributed by atoms with Crippen LogP contribution in [0, 0.1) is 0 Å². The topological polar surface area (TPSA) is 137 Å². The number of methoxy groups -OCH3 is 1. The van der Waals surface area contributed by atoms with Crippen LogP contribution in [0.15, 0.2) is 42.6 Å². The SMILES string of the molecule is COC(=O)Nc1ccc2c(c1)NC(=O)CCCC[C@H](NC(=O)c1ccc3c(c1)CCCN3)c1ncc-2[nH]1. The Morgan fingerprint density at radius 2 is 1.95 bits per heavy atom. The Hall–Kier alpha value is -4.34. The quantitative estimate of drug-likeness (QED) is 0.355. The van der Waals surface area contributed by atoms with Crippen molar-refractivity contribution in [3.63, 3.8) is 0 Å². The van der Waals surface area contributed by atoms with Crippen molar-refractivity contribution in [3.05, 3.63) is 59.5 Å². The van der Waals surface area contributed by atoms with Crippen LogP contribution in [0.5, 0.6) is 0 Å². The minimum Gasteiger partial charge on any atom is -0.453 e. The van der Waals surface area contributed by atoms with Crippen LogP contribution in [-0.2, 0) is 16.0 Å². The third-order valence-corrected chi connectivity index (χ3v) is 6.70. The number of nitrogens with one attached hydrogen (secondary N) is 5. The highest BCUT2D eigenvalue weighted by Gasteiger charge is 2.22. The van der Waals surface area contributed by atoms with E-state index in [1.165, 1.54) is 7.11 Å². The monoisotopic (exact) mass is 502 g/mol. The summed E-state index contributed by atoms with van der Waals surface area (Å²) < 4.78 is 4.67. The molecule has 0 fully saturated rings. The number of nitrogens with zero attached hydrogens (tertiary/aromatic N) is 1. The third-order valence-electron chi connectivity index (χ3n) is 6.70. The van der Waals surface area contributed by atoms with Crippen LogP contribution in [0.1, 0.15) is 59.9 Å². The van der Waals surface area contributed by atoms with Gasteiger partial charge in [-0.1, -0.05) is 6.42 Å². The smallest absolute Gasteiger partial charge is 0.411 e. The number of rotatable bonds is 3.